The Bertz CT molecular complexity index is 962. The Morgan fingerprint density at radius 2 is 1.67 bits per heavy atom. The normalized spacial score (nSPS) is 24.5. The van der Waals surface area contributed by atoms with Crippen LogP contribution in [-0.4, -0.2) is 17.3 Å². The molecule has 4 nitrogen and oxygen atoms in total. The lowest BCUT2D eigenvalue weighted by atomic mass is 9.62. The second kappa shape index (κ2) is 4.32. The fourth-order valence-electron chi connectivity index (χ4n) is 4.70. The summed E-state index contributed by atoms with van der Waals surface area (Å²) in [5.74, 6) is 0.186. The van der Waals surface area contributed by atoms with Gasteiger partial charge in [0.2, 0.25) is 5.78 Å². The van der Waals surface area contributed by atoms with E-state index in [1.165, 1.54) is 0 Å². The Morgan fingerprint density at radius 1 is 0.958 bits per heavy atom. The van der Waals surface area contributed by atoms with Gasteiger partial charge in [-0.25, -0.2) is 0 Å². The van der Waals surface area contributed by atoms with Gasteiger partial charge < -0.3 is 4.42 Å². The number of carbonyl (C=O) groups is 3. The predicted octanol–water partition coefficient (Wildman–Crippen LogP) is 3.63. The van der Waals surface area contributed by atoms with Gasteiger partial charge in [-0.1, -0.05) is 6.92 Å². The predicted molar refractivity (Wildman–Crippen MR) is 85.9 cm³/mol. The van der Waals surface area contributed by atoms with Crippen LogP contribution in [0.5, 0.6) is 0 Å². The van der Waals surface area contributed by atoms with Gasteiger partial charge in [0.1, 0.15) is 0 Å². The number of carbonyl (C=O) groups excluding carboxylic acids is 3. The van der Waals surface area contributed by atoms with E-state index in [4.69, 9.17) is 4.42 Å². The number of fused-ring (bicyclic) bond motifs is 3. The van der Waals surface area contributed by atoms with Crippen LogP contribution >= 0.6 is 0 Å². The molecule has 1 atom stereocenters. The molecule has 3 aliphatic rings. The average Bonchev–Trinajstić information content (AvgIpc) is 3.02. The van der Waals surface area contributed by atoms with E-state index in [0.717, 1.165) is 36.0 Å². The van der Waals surface area contributed by atoms with Crippen molar-refractivity contribution in [2.75, 3.05) is 0 Å². The first-order chi connectivity index (χ1) is 11.5. The smallest absolute Gasteiger partial charge is 0.228 e. The van der Waals surface area contributed by atoms with Crippen molar-refractivity contribution < 1.29 is 18.8 Å². The van der Waals surface area contributed by atoms with Crippen molar-refractivity contribution in [3.8, 4) is 0 Å². The summed E-state index contributed by atoms with van der Waals surface area (Å²) in [6, 6.07) is 3.45. The Balaban J connectivity index is 1.85. The highest BCUT2D eigenvalue weighted by molar-refractivity contribution is 6.18. The zero-order valence-corrected chi connectivity index (χ0v) is 13.4. The molecule has 0 aliphatic heterocycles. The highest BCUT2D eigenvalue weighted by Crippen LogP contribution is 2.50. The fourth-order valence-corrected chi connectivity index (χ4v) is 4.70. The molecule has 0 amide bonds. The van der Waals surface area contributed by atoms with E-state index in [9.17, 15) is 14.4 Å². The standard InChI is InChI=1S/C20H16O4/c1-20-6-2-3-10-9-24-19(17(10)20)18(23)13-7-11-12(8-14(13)20)16(22)5-4-15(11)21/h7-9H,2-6H2,1H3. The quantitative estimate of drug-likeness (QED) is 0.743. The SMILES string of the molecule is CC12CCCc3coc(c31)C(=O)c1cc3c(cc12)C(=O)CCC3=O. The molecule has 0 bridgehead atoms. The minimum atomic E-state index is -0.324. The van der Waals surface area contributed by atoms with Crippen LogP contribution in [0.1, 0.15) is 86.1 Å². The van der Waals surface area contributed by atoms with Crippen LogP contribution in [0.25, 0.3) is 0 Å². The molecule has 24 heavy (non-hydrogen) atoms. The first-order valence-electron chi connectivity index (χ1n) is 8.41. The molecule has 0 N–H and O–H groups in total. The molecule has 4 heteroatoms. The summed E-state index contributed by atoms with van der Waals surface area (Å²) in [6.07, 6.45) is 5.03. The first-order valence-corrected chi connectivity index (χ1v) is 8.41. The fraction of sp³-hybridized carbons (Fsp3) is 0.350. The Labute approximate surface area is 138 Å². The van der Waals surface area contributed by atoms with Crippen LogP contribution in [0.2, 0.25) is 0 Å². The number of hydrogen-bond donors (Lipinski definition) is 0. The minimum absolute atomic E-state index is 0.00234. The maximum absolute atomic E-state index is 12.9. The number of ketones is 3. The summed E-state index contributed by atoms with van der Waals surface area (Å²) in [7, 11) is 0. The van der Waals surface area contributed by atoms with Crippen molar-refractivity contribution in [3.05, 3.63) is 57.5 Å². The largest absolute Gasteiger partial charge is 0.460 e. The molecule has 1 heterocycles. The maximum atomic E-state index is 12.9. The molecule has 1 aromatic heterocycles. The van der Waals surface area contributed by atoms with E-state index in [0.29, 0.717) is 22.5 Å². The lowest BCUT2D eigenvalue weighted by Gasteiger charge is -2.39. The molecule has 0 saturated heterocycles. The molecule has 0 saturated carbocycles. The number of benzene rings is 1. The molecule has 1 unspecified atom stereocenters. The Kier molecular flexibility index (Phi) is 2.50. The zero-order valence-electron chi connectivity index (χ0n) is 13.4. The van der Waals surface area contributed by atoms with Gasteiger partial charge in [0.25, 0.3) is 0 Å². The van der Waals surface area contributed by atoms with Crippen molar-refractivity contribution in [1.82, 2.24) is 0 Å². The van der Waals surface area contributed by atoms with Crippen molar-refractivity contribution in [2.45, 2.75) is 44.4 Å². The van der Waals surface area contributed by atoms with Gasteiger partial charge in [-0.15, -0.1) is 0 Å². The molecule has 5 rings (SSSR count). The first kappa shape index (κ1) is 13.9. The minimum Gasteiger partial charge on any atom is -0.460 e. The number of rotatable bonds is 0. The number of furan rings is 1. The summed E-state index contributed by atoms with van der Waals surface area (Å²) >= 11 is 0. The zero-order chi connectivity index (χ0) is 16.6. The number of aryl methyl sites for hydroxylation is 1. The van der Waals surface area contributed by atoms with Crippen LogP contribution < -0.4 is 0 Å². The monoisotopic (exact) mass is 320 g/mol. The third-order valence-corrected chi connectivity index (χ3v) is 5.92. The number of Topliss-reactive ketones (excluding diaryl/α,β-unsaturated/α-hetero) is 2. The molecule has 120 valence electrons. The highest BCUT2D eigenvalue weighted by atomic mass is 16.3. The van der Waals surface area contributed by atoms with E-state index in [2.05, 4.69) is 6.92 Å². The van der Waals surface area contributed by atoms with Crippen molar-refractivity contribution in [1.29, 1.82) is 0 Å². The Morgan fingerprint density at radius 3 is 2.42 bits per heavy atom. The van der Waals surface area contributed by atoms with Crippen molar-refractivity contribution in [2.24, 2.45) is 0 Å². The summed E-state index contributed by atoms with van der Waals surface area (Å²) in [5, 5.41) is 0. The van der Waals surface area contributed by atoms with Crippen LogP contribution in [-0.2, 0) is 11.8 Å². The summed E-state index contributed by atoms with van der Waals surface area (Å²) in [6.45, 7) is 2.12. The van der Waals surface area contributed by atoms with Gasteiger partial charge in [0, 0.05) is 40.5 Å². The lowest BCUT2D eigenvalue weighted by Crippen LogP contribution is -2.36. The Hall–Kier alpha value is -2.49. The van der Waals surface area contributed by atoms with Crippen LogP contribution in [0.15, 0.2) is 22.8 Å². The van der Waals surface area contributed by atoms with Crippen molar-refractivity contribution in [3.63, 3.8) is 0 Å². The molecule has 0 fully saturated rings. The summed E-state index contributed by atoms with van der Waals surface area (Å²) in [5.41, 5.74) is 4.04. The molecular formula is C20H16O4. The van der Waals surface area contributed by atoms with E-state index < -0.39 is 0 Å². The van der Waals surface area contributed by atoms with E-state index >= 15 is 0 Å². The topological polar surface area (TPSA) is 64.3 Å². The van der Waals surface area contributed by atoms with E-state index in [-0.39, 0.29) is 35.6 Å². The third kappa shape index (κ3) is 1.51. The molecule has 1 aromatic carbocycles. The second-order valence-corrected chi connectivity index (χ2v) is 7.27. The van der Waals surface area contributed by atoms with E-state index in [1.807, 2.05) is 6.07 Å². The van der Waals surface area contributed by atoms with Gasteiger partial charge in [-0.3, -0.25) is 14.4 Å². The molecule has 2 aromatic rings. The summed E-state index contributed by atoms with van der Waals surface area (Å²) < 4.78 is 5.61. The van der Waals surface area contributed by atoms with Crippen molar-refractivity contribution >= 4 is 17.3 Å². The lowest BCUT2D eigenvalue weighted by molar-refractivity contribution is 0.0889. The average molecular weight is 320 g/mol. The van der Waals surface area contributed by atoms with Crippen LogP contribution in [0.4, 0.5) is 0 Å². The maximum Gasteiger partial charge on any atom is 0.228 e. The van der Waals surface area contributed by atoms with Crippen LogP contribution in [0.3, 0.4) is 0 Å². The highest BCUT2D eigenvalue weighted by Gasteiger charge is 2.46. The van der Waals surface area contributed by atoms with Gasteiger partial charge in [-0.2, -0.15) is 0 Å². The number of hydrogen-bond acceptors (Lipinski definition) is 4. The second-order valence-electron chi connectivity index (χ2n) is 7.27. The molecular weight excluding hydrogens is 304 g/mol. The molecule has 0 spiro atoms. The van der Waals surface area contributed by atoms with Crippen LogP contribution in [0, 0.1) is 0 Å². The van der Waals surface area contributed by atoms with Gasteiger partial charge in [-0.05, 0) is 42.5 Å². The van der Waals surface area contributed by atoms with Gasteiger partial charge in [0.05, 0.1) is 6.26 Å². The molecule has 0 radical (unpaired) electrons. The molecule has 3 aliphatic carbocycles. The van der Waals surface area contributed by atoms with Gasteiger partial charge >= 0.3 is 0 Å². The van der Waals surface area contributed by atoms with E-state index in [1.54, 1.807) is 12.3 Å². The van der Waals surface area contributed by atoms with Gasteiger partial charge in [0.15, 0.2) is 17.3 Å². The summed E-state index contributed by atoms with van der Waals surface area (Å²) in [4.78, 5) is 37.5. The third-order valence-electron chi connectivity index (χ3n) is 5.92.